The predicted molar refractivity (Wildman–Crippen MR) is 98.6 cm³/mol. The van der Waals surface area contributed by atoms with Crippen molar-refractivity contribution in [1.29, 1.82) is 0 Å². The van der Waals surface area contributed by atoms with Crippen LogP contribution in [0.3, 0.4) is 0 Å². The molecule has 0 bridgehead atoms. The SMILES string of the molecule is Cn1cc(CN2CC[C@H](c3nnc(C(C)(C)C)o3)C2)c2ccccc21. The highest BCUT2D eigenvalue weighted by Crippen LogP contribution is 2.31. The second-order valence-electron chi connectivity index (χ2n) is 8.20. The van der Waals surface area contributed by atoms with E-state index in [2.05, 4.69) is 77.9 Å². The molecule has 1 aromatic carbocycles. The van der Waals surface area contributed by atoms with Crippen LogP contribution in [0.25, 0.3) is 10.9 Å². The van der Waals surface area contributed by atoms with E-state index < -0.39 is 0 Å². The highest BCUT2D eigenvalue weighted by Gasteiger charge is 2.30. The Kier molecular flexibility index (Phi) is 3.91. The number of hydrogen-bond acceptors (Lipinski definition) is 4. The van der Waals surface area contributed by atoms with Crippen molar-refractivity contribution in [2.75, 3.05) is 13.1 Å². The molecule has 4 rings (SSSR count). The molecule has 0 amide bonds. The van der Waals surface area contributed by atoms with Crippen LogP contribution < -0.4 is 0 Å². The van der Waals surface area contributed by atoms with Gasteiger partial charge in [0, 0.05) is 42.7 Å². The molecule has 0 spiro atoms. The highest BCUT2D eigenvalue weighted by molar-refractivity contribution is 5.83. The lowest BCUT2D eigenvalue weighted by Crippen LogP contribution is -2.19. The van der Waals surface area contributed by atoms with Gasteiger partial charge in [-0.25, -0.2) is 0 Å². The molecule has 1 aliphatic rings. The van der Waals surface area contributed by atoms with Crippen LogP contribution in [0.2, 0.25) is 0 Å². The minimum atomic E-state index is -0.0908. The van der Waals surface area contributed by atoms with E-state index in [1.54, 1.807) is 0 Å². The zero-order chi connectivity index (χ0) is 17.6. The molecule has 0 unspecified atom stereocenters. The summed E-state index contributed by atoms with van der Waals surface area (Å²) < 4.78 is 8.17. The average molecular weight is 338 g/mol. The molecule has 5 nitrogen and oxygen atoms in total. The summed E-state index contributed by atoms with van der Waals surface area (Å²) in [6.07, 6.45) is 3.33. The first-order valence-electron chi connectivity index (χ1n) is 9.01. The molecule has 1 aliphatic heterocycles. The quantitative estimate of drug-likeness (QED) is 0.728. The maximum absolute atomic E-state index is 5.95. The normalized spacial score (nSPS) is 19.1. The topological polar surface area (TPSA) is 47.1 Å². The monoisotopic (exact) mass is 338 g/mol. The number of likely N-dealkylation sites (tertiary alicyclic amines) is 1. The number of nitrogens with zero attached hydrogens (tertiary/aromatic N) is 4. The summed E-state index contributed by atoms with van der Waals surface area (Å²) in [7, 11) is 2.12. The van der Waals surface area contributed by atoms with Gasteiger partial charge >= 0.3 is 0 Å². The summed E-state index contributed by atoms with van der Waals surface area (Å²) in [6.45, 7) is 9.33. The van der Waals surface area contributed by atoms with Gasteiger partial charge < -0.3 is 8.98 Å². The van der Waals surface area contributed by atoms with Crippen molar-refractivity contribution in [3.05, 3.63) is 47.8 Å². The van der Waals surface area contributed by atoms with Gasteiger partial charge in [0.2, 0.25) is 11.8 Å². The first-order chi connectivity index (χ1) is 11.9. The maximum Gasteiger partial charge on any atom is 0.221 e. The van der Waals surface area contributed by atoms with Gasteiger partial charge in [-0.3, -0.25) is 4.90 Å². The third kappa shape index (κ3) is 3.09. The molecule has 2 aromatic heterocycles. The summed E-state index contributed by atoms with van der Waals surface area (Å²) >= 11 is 0. The van der Waals surface area contributed by atoms with Crippen molar-refractivity contribution in [3.8, 4) is 0 Å². The maximum atomic E-state index is 5.95. The Morgan fingerprint density at radius 1 is 1.20 bits per heavy atom. The lowest BCUT2D eigenvalue weighted by Gasteiger charge is -2.14. The second kappa shape index (κ2) is 5.99. The van der Waals surface area contributed by atoms with Crippen LogP contribution in [0.5, 0.6) is 0 Å². The van der Waals surface area contributed by atoms with E-state index in [-0.39, 0.29) is 5.41 Å². The van der Waals surface area contributed by atoms with E-state index in [0.29, 0.717) is 5.92 Å². The molecule has 0 radical (unpaired) electrons. The third-order valence-corrected chi connectivity index (χ3v) is 5.08. The van der Waals surface area contributed by atoms with Crippen LogP contribution in [0, 0.1) is 0 Å². The van der Waals surface area contributed by atoms with E-state index in [4.69, 9.17) is 4.42 Å². The fourth-order valence-electron chi connectivity index (χ4n) is 3.67. The van der Waals surface area contributed by atoms with Crippen molar-refractivity contribution < 1.29 is 4.42 Å². The van der Waals surface area contributed by atoms with Crippen LogP contribution in [-0.2, 0) is 19.0 Å². The fraction of sp³-hybridized carbons (Fsp3) is 0.500. The number of hydrogen-bond donors (Lipinski definition) is 0. The minimum absolute atomic E-state index is 0.0908. The predicted octanol–water partition coefficient (Wildman–Crippen LogP) is 3.85. The summed E-state index contributed by atoms with van der Waals surface area (Å²) in [4.78, 5) is 2.49. The zero-order valence-electron chi connectivity index (χ0n) is 15.5. The largest absolute Gasteiger partial charge is 0.424 e. The summed E-state index contributed by atoms with van der Waals surface area (Å²) in [6, 6.07) is 8.61. The Hall–Kier alpha value is -2.14. The second-order valence-corrected chi connectivity index (χ2v) is 8.20. The smallest absolute Gasteiger partial charge is 0.221 e. The van der Waals surface area contributed by atoms with Gasteiger partial charge in [0.1, 0.15) is 0 Å². The van der Waals surface area contributed by atoms with Gasteiger partial charge in [0.05, 0.1) is 5.92 Å². The van der Waals surface area contributed by atoms with Gasteiger partial charge in [-0.05, 0) is 24.6 Å². The van der Waals surface area contributed by atoms with Crippen LogP contribution >= 0.6 is 0 Å². The Labute approximate surface area is 148 Å². The van der Waals surface area contributed by atoms with E-state index in [1.165, 1.54) is 16.5 Å². The molecule has 1 fully saturated rings. The molecule has 3 heterocycles. The number of fused-ring (bicyclic) bond motifs is 1. The molecule has 1 atom stereocenters. The molecule has 0 aliphatic carbocycles. The van der Waals surface area contributed by atoms with Gasteiger partial charge in [-0.2, -0.15) is 0 Å². The van der Waals surface area contributed by atoms with Gasteiger partial charge in [-0.15, -0.1) is 10.2 Å². The minimum Gasteiger partial charge on any atom is -0.424 e. The molecule has 0 N–H and O–H groups in total. The van der Waals surface area contributed by atoms with Crippen molar-refractivity contribution >= 4 is 10.9 Å². The number of aromatic nitrogens is 3. The Bertz CT molecular complexity index is 887. The van der Waals surface area contributed by atoms with Crippen molar-refractivity contribution in [1.82, 2.24) is 19.7 Å². The van der Waals surface area contributed by atoms with Crippen molar-refractivity contribution in [2.45, 2.75) is 45.1 Å². The molecular formula is C20H26N4O. The van der Waals surface area contributed by atoms with Crippen LogP contribution in [0.15, 0.2) is 34.9 Å². The first-order valence-corrected chi connectivity index (χ1v) is 9.01. The number of benzene rings is 1. The van der Waals surface area contributed by atoms with E-state index in [9.17, 15) is 0 Å². The Morgan fingerprint density at radius 3 is 2.76 bits per heavy atom. The molecule has 132 valence electrons. The third-order valence-electron chi connectivity index (χ3n) is 5.08. The van der Waals surface area contributed by atoms with Crippen molar-refractivity contribution in [2.24, 2.45) is 7.05 Å². The number of rotatable bonds is 3. The van der Waals surface area contributed by atoms with Gasteiger partial charge in [-0.1, -0.05) is 39.0 Å². The van der Waals surface area contributed by atoms with Gasteiger partial charge in [0.25, 0.3) is 0 Å². The van der Waals surface area contributed by atoms with E-state index in [1.807, 2.05) is 0 Å². The number of aryl methyl sites for hydroxylation is 1. The highest BCUT2D eigenvalue weighted by atomic mass is 16.4. The zero-order valence-corrected chi connectivity index (χ0v) is 15.5. The standard InChI is InChI=1S/C20H26N4O/c1-20(2,3)19-22-21-18(25-19)14-9-10-24(12-14)13-15-11-23(4)17-8-6-5-7-16(15)17/h5-8,11,14H,9-10,12-13H2,1-4H3/t14-/m0/s1. The van der Waals surface area contributed by atoms with Crippen LogP contribution in [0.1, 0.15) is 50.5 Å². The molecule has 5 heteroatoms. The Morgan fingerprint density at radius 2 is 2.00 bits per heavy atom. The fourth-order valence-corrected chi connectivity index (χ4v) is 3.67. The summed E-state index contributed by atoms with van der Waals surface area (Å²) in [5.74, 6) is 1.87. The molecule has 25 heavy (non-hydrogen) atoms. The molecule has 0 saturated carbocycles. The van der Waals surface area contributed by atoms with Crippen molar-refractivity contribution in [3.63, 3.8) is 0 Å². The van der Waals surface area contributed by atoms with Crippen LogP contribution in [-0.4, -0.2) is 32.8 Å². The van der Waals surface area contributed by atoms with E-state index in [0.717, 1.165) is 37.8 Å². The lowest BCUT2D eigenvalue weighted by atomic mass is 9.97. The lowest BCUT2D eigenvalue weighted by molar-refractivity contribution is 0.313. The summed E-state index contributed by atoms with van der Waals surface area (Å²) in [5, 5.41) is 9.91. The summed E-state index contributed by atoms with van der Waals surface area (Å²) in [5.41, 5.74) is 2.59. The average Bonchev–Trinajstić information content (AvgIpc) is 3.27. The van der Waals surface area contributed by atoms with Gasteiger partial charge in [0.15, 0.2) is 0 Å². The Balaban J connectivity index is 1.48. The molecular weight excluding hydrogens is 312 g/mol. The van der Waals surface area contributed by atoms with E-state index >= 15 is 0 Å². The molecule has 3 aromatic rings. The number of para-hydroxylation sites is 1. The molecule has 1 saturated heterocycles. The first kappa shape index (κ1) is 16.3. The van der Waals surface area contributed by atoms with Crippen LogP contribution in [0.4, 0.5) is 0 Å².